The van der Waals surface area contributed by atoms with Crippen LogP contribution in [0.15, 0.2) is 18.2 Å². The van der Waals surface area contributed by atoms with Crippen LogP contribution < -0.4 is 21.1 Å². The Balaban J connectivity index is 2.23. The third-order valence-electron chi connectivity index (χ3n) is 3.88. The lowest BCUT2D eigenvalue weighted by molar-refractivity contribution is -0.118. The topological polar surface area (TPSA) is 137 Å². The molecule has 0 unspecified atom stereocenters. The summed E-state index contributed by atoms with van der Waals surface area (Å²) in [5.74, 6) is -2.35. The van der Waals surface area contributed by atoms with E-state index < -0.39 is 30.3 Å². The second-order valence-electron chi connectivity index (χ2n) is 5.90. The van der Waals surface area contributed by atoms with Crippen molar-refractivity contribution < 1.29 is 28.7 Å². The summed E-state index contributed by atoms with van der Waals surface area (Å²) in [7, 11) is 1.46. The molecule has 0 aliphatic rings. The molecule has 0 saturated heterocycles. The van der Waals surface area contributed by atoms with E-state index in [1.807, 2.05) is 0 Å². The first-order valence-corrected chi connectivity index (χ1v) is 9.93. The van der Waals surface area contributed by atoms with Gasteiger partial charge in [-0.05, 0) is 37.6 Å². The van der Waals surface area contributed by atoms with Crippen molar-refractivity contribution in [3.05, 3.63) is 44.8 Å². The SMILES string of the molecule is CCOC(=O)c1c(NC(=O)COc2ccc(Cl)cc2C(N)=O)sc(C(=O)NC)c1C. The summed E-state index contributed by atoms with van der Waals surface area (Å²) in [6.07, 6.45) is 0. The number of nitrogens with two attached hydrogens (primary N) is 1. The maximum absolute atomic E-state index is 12.4. The van der Waals surface area contributed by atoms with E-state index in [0.29, 0.717) is 5.56 Å². The van der Waals surface area contributed by atoms with Gasteiger partial charge in [0, 0.05) is 12.1 Å². The molecule has 0 saturated carbocycles. The van der Waals surface area contributed by atoms with Crippen molar-refractivity contribution in [3.8, 4) is 5.75 Å². The standard InChI is InChI=1S/C19H20ClN3O6S/c1-4-28-19(27)14-9(2)15(17(26)22-3)30-18(14)23-13(24)8-29-12-6-5-10(20)7-11(12)16(21)25/h5-7H,4,8H2,1-3H3,(H2,21,25)(H,22,26)(H,23,24). The fourth-order valence-corrected chi connectivity index (χ4v) is 3.84. The van der Waals surface area contributed by atoms with Gasteiger partial charge in [-0.25, -0.2) is 4.79 Å². The molecule has 0 aliphatic heterocycles. The summed E-state index contributed by atoms with van der Waals surface area (Å²) in [5.41, 5.74) is 5.80. The number of carbonyl (C=O) groups excluding carboxylic acids is 4. The van der Waals surface area contributed by atoms with Gasteiger partial charge >= 0.3 is 5.97 Å². The van der Waals surface area contributed by atoms with Crippen LogP contribution in [0.2, 0.25) is 5.02 Å². The lowest BCUT2D eigenvalue weighted by atomic mass is 10.1. The second-order valence-corrected chi connectivity index (χ2v) is 7.36. The number of carbonyl (C=O) groups is 4. The minimum atomic E-state index is -0.762. The number of anilines is 1. The largest absolute Gasteiger partial charge is 0.483 e. The molecule has 9 nitrogen and oxygen atoms in total. The van der Waals surface area contributed by atoms with E-state index in [1.165, 1.54) is 25.2 Å². The molecule has 3 amide bonds. The van der Waals surface area contributed by atoms with E-state index in [2.05, 4.69) is 10.6 Å². The fraction of sp³-hybridized carbons (Fsp3) is 0.263. The molecule has 0 bridgehead atoms. The van der Waals surface area contributed by atoms with Crippen LogP contribution >= 0.6 is 22.9 Å². The molecule has 1 heterocycles. The summed E-state index contributed by atoms with van der Waals surface area (Å²) >= 11 is 6.78. The summed E-state index contributed by atoms with van der Waals surface area (Å²) < 4.78 is 10.4. The summed E-state index contributed by atoms with van der Waals surface area (Å²) in [6.45, 7) is 2.89. The van der Waals surface area contributed by atoms with Gasteiger partial charge in [0.1, 0.15) is 10.8 Å². The van der Waals surface area contributed by atoms with E-state index >= 15 is 0 Å². The maximum Gasteiger partial charge on any atom is 0.341 e. The van der Waals surface area contributed by atoms with Crippen LogP contribution in [0.25, 0.3) is 0 Å². The van der Waals surface area contributed by atoms with Crippen molar-refractivity contribution in [1.82, 2.24) is 5.32 Å². The number of benzene rings is 1. The normalized spacial score (nSPS) is 10.3. The number of rotatable bonds is 8. The molecule has 2 rings (SSSR count). The first-order chi connectivity index (χ1) is 14.2. The third kappa shape index (κ3) is 5.28. The number of ether oxygens (including phenoxy) is 2. The minimum Gasteiger partial charge on any atom is -0.483 e. The molecule has 0 fully saturated rings. The number of halogens is 1. The molecule has 0 spiro atoms. The Kier molecular flexibility index (Phi) is 7.79. The third-order valence-corrected chi connectivity index (χ3v) is 5.32. The predicted molar refractivity (Wildman–Crippen MR) is 112 cm³/mol. The summed E-state index contributed by atoms with van der Waals surface area (Å²) in [4.78, 5) is 48.6. The molecule has 2 aromatic rings. The molecule has 1 aromatic carbocycles. The monoisotopic (exact) mass is 453 g/mol. The van der Waals surface area contributed by atoms with Crippen molar-refractivity contribution in [2.75, 3.05) is 25.6 Å². The lowest BCUT2D eigenvalue weighted by Gasteiger charge is -2.10. The molecule has 1 aromatic heterocycles. The molecule has 0 radical (unpaired) electrons. The van der Waals surface area contributed by atoms with Crippen LogP contribution in [0.1, 0.15) is 42.9 Å². The average Bonchev–Trinajstić information content (AvgIpc) is 3.02. The zero-order chi connectivity index (χ0) is 22.4. The van der Waals surface area contributed by atoms with Gasteiger partial charge in [0.15, 0.2) is 6.61 Å². The highest BCUT2D eigenvalue weighted by Crippen LogP contribution is 2.34. The highest BCUT2D eigenvalue weighted by molar-refractivity contribution is 7.18. The molecule has 0 aliphatic carbocycles. The van der Waals surface area contributed by atoms with Crippen molar-refractivity contribution in [1.29, 1.82) is 0 Å². The van der Waals surface area contributed by atoms with Crippen LogP contribution in [-0.2, 0) is 9.53 Å². The molecule has 11 heteroatoms. The van der Waals surface area contributed by atoms with Gasteiger partial charge in [-0.2, -0.15) is 0 Å². The Morgan fingerprint density at radius 3 is 2.53 bits per heavy atom. The first kappa shape index (κ1) is 23.2. The number of esters is 1. The van der Waals surface area contributed by atoms with Gasteiger partial charge in [0.05, 0.1) is 22.6 Å². The molecular weight excluding hydrogens is 434 g/mol. The average molecular weight is 454 g/mol. The van der Waals surface area contributed by atoms with Gasteiger partial charge in [0.2, 0.25) is 0 Å². The van der Waals surface area contributed by atoms with Gasteiger partial charge < -0.3 is 25.8 Å². The Morgan fingerprint density at radius 1 is 1.23 bits per heavy atom. The number of thiophene rings is 1. The first-order valence-electron chi connectivity index (χ1n) is 8.74. The molecule has 160 valence electrons. The van der Waals surface area contributed by atoms with Crippen molar-refractivity contribution in [3.63, 3.8) is 0 Å². The smallest absolute Gasteiger partial charge is 0.341 e. The van der Waals surface area contributed by atoms with Crippen molar-refractivity contribution >= 4 is 51.6 Å². The summed E-state index contributed by atoms with van der Waals surface area (Å²) in [5, 5.41) is 5.48. The molecular formula is C19H20ClN3O6S. The Morgan fingerprint density at radius 2 is 1.93 bits per heavy atom. The van der Waals surface area contributed by atoms with E-state index in [9.17, 15) is 19.2 Å². The quantitative estimate of drug-likeness (QED) is 0.525. The maximum atomic E-state index is 12.4. The van der Waals surface area contributed by atoms with Crippen molar-refractivity contribution in [2.24, 2.45) is 5.73 Å². The number of primary amides is 1. The number of hydrogen-bond donors (Lipinski definition) is 3. The number of hydrogen-bond acceptors (Lipinski definition) is 7. The van der Waals surface area contributed by atoms with Crippen LogP contribution in [0.4, 0.5) is 5.00 Å². The Labute approximate surface area is 181 Å². The number of nitrogens with one attached hydrogen (secondary N) is 2. The van der Waals surface area contributed by atoms with Crippen LogP contribution in [0.5, 0.6) is 5.75 Å². The second kappa shape index (κ2) is 10.1. The minimum absolute atomic E-state index is 0.0244. The van der Waals surface area contributed by atoms with E-state index in [1.54, 1.807) is 13.8 Å². The predicted octanol–water partition coefficient (Wildman–Crippen LogP) is 2.36. The van der Waals surface area contributed by atoms with Gasteiger partial charge in [-0.1, -0.05) is 11.6 Å². The van der Waals surface area contributed by atoms with Crippen LogP contribution in [-0.4, -0.2) is 44.0 Å². The highest BCUT2D eigenvalue weighted by atomic mass is 35.5. The lowest BCUT2D eigenvalue weighted by Crippen LogP contribution is -2.22. The van der Waals surface area contributed by atoms with Gasteiger partial charge in [0.25, 0.3) is 17.7 Å². The van der Waals surface area contributed by atoms with Crippen molar-refractivity contribution in [2.45, 2.75) is 13.8 Å². The molecule has 0 atom stereocenters. The molecule has 30 heavy (non-hydrogen) atoms. The van der Waals surface area contributed by atoms with Gasteiger partial charge in [-0.3, -0.25) is 14.4 Å². The van der Waals surface area contributed by atoms with Gasteiger partial charge in [-0.15, -0.1) is 11.3 Å². The zero-order valence-corrected chi connectivity index (χ0v) is 18.0. The van der Waals surface area contributed by atoms with E-state index in [-0.39, 0.29) is 38.4 Å². The number of amides is 3. The van der Waals surface area contributed by atoms with Crippen LogP contribution in [0.3, 0.4) is 0 Å². The zero-order valence-electron chi connectivity index (χ0n) is 16.5. The van der Waals surface area contributed by atoms with Crippen LogP contribution in [0, 0.1) is 6.92 Å². The Hall–Kier alpha value is -3.11. The Bertz CT molecular complexity index is 1000. The summed E-state index contributed by atoms with van der Waals surface area (Å²) in [6, 6.07) is 4.23. The van der Waals surface area contributed by atoms with E-state index in [4.69, 9.17) is 26.8 Å². The highest BCUT2D eigenvalue weighted by Gasteiger charge is 2.26. The van der Waals surface area contributed by atoms with E-state index in [0.717, 1.165) is 11.3 Å². The molecule has 4 N–H and O–H groups in total. The fourth-order valence-electron chi connectivity index (χ4n) is 2.51.